The van der Waals surface area contributed by atoms with Gasteiger partial charge in [-0.1, -0.05) is 6.07 Å². The van der Waals surface area contributed by atoms with Gasteiger partial charge in [0.25, 0.3) is 0 Å². The largest absolute Gasteiger partial charge is 0.491 e. The molecule has 8 heteroatoms. The van der Waals surface area contributed by atoms with E-state index in [4.69, 9.17) is 4.74 Å². The molecule has 0 spiro atoms. The van der Waals surface area contributed by atoms with Gasteiger partial charge in [0.2, 0.25) is 15.9 Å². The standard InChI is InChI=1S/C23H27FN2O4S/c1-15(2)30-19-9-7-18(8-10-19)25-23(27)21-12-16-6-11-22(21)26(14-16)31(28,29)20-5-3-4-17(24)13-20/h3-5,7-10,13,15-16,21-22H,6,11-12,14H2,1-2H3,(H,25,27)/t16-,21-,22-/m1/s1. The fraction of sp³-hybridized carbons (Fsp3) is 0.435. The molecule has 5 rings (SSSR count). The highest BCUT2D eigenvalue weighted by atomic mass is 32.2. The lowest BCUT2D eigenvalue weighted by Crippen LogP contribution is -2.57. The second-order valence-corrected chi connectivity index (χ2v) is 10.5. The summed E-state index contributed by atoms with van der Waals surface area (Å²) in [5.41, 5.74) is 0.641. The molecule has 2 aromatic carbocycles. The van der Waals surface area contributed by atoms with Gasteiger partial charge in [0, 0.05) is 18.3 Å². The highest BCUT2D eigenvalue weighted by Gasteiger charge is 2.48. The third-order valence-electron chi connectivity index (χ3n) is 5.96. The molecule has 1 aliphatic carbocycles. The molecule has 2 aliphatic heterocycles. The summed E-state index contributed by atoms with van der Waals surface area (Å²) in [6, 6.07) is 11.8. The van der Waals surface area contributed by atoms with Crippen LogP contribution in [-0.4, -0.2) is 37.3 Å². The summed E-state index contributed by atoms with van der Waals surface area (Å²) in [4.78, 5) is 13.0. The Morgan fingerprint density at radius 3 is 2.55 bits per heavy atom. The van der Waals surface area contributed by atoms with Crippen LogP contribution in [0.2, 0.25) is 0 Å². The molecule has 2 saturated heterocycles. The van der Waals surface area contributed by atoms with E-state index in [1.165, 1.54) is 22.5 Å². The number of nitrogens with one attached hydrogen (secondary N) is 1. The van der Waals surface area contributed by atoms with E-state index in [-0.39, 0.29) is 22.8 Å². The lowest BCUT2D eigenvalue weighted by molar-refractivity contribution is -0.125. The molecule has 3 atom stereocenters. The zero-order chi connectivity index (χ0) is 22.2. The summed E-state index contributed by atoms with van der Waals surface area (Å²) in [7, 11) is -3.88. The molecule has 1 N–H and O–H groups in total. The van der Waals surface area contributed by atoms with E-state index >= 15 is 0 Å². The Kier molecular flexibility index (Phi) is 6.03. The Morgan fingerprint density at radius 1 is 1.16 bits per heavy atom. The molecule has 2 bridgehead atoms. The lowest BCUT2D eigenvalue weighted by Gasteiger charge is -2.48. The van der Waals surface area contributed by atoms with E-state index in [0.717, 1.165) is 18.2 Å². The number of halogens is 1. The van der Waals surface area contributed by atoms with Gasteiger partial charge in [-0.05, 0) is 81.5 Å². The zero-order valence-electron chi connectivity index (χ0n) is 17.6. The van der Waals surface area contributed by atoms with E-state index in [1.54, 1.807) is 24.3 Å². The van der Waals surface area contributed by atoms with Crippen molar-refractivity contribution in [3.63, 3.8) is 0 Å². The minimum absolute atomic E-state index is 0.0595. The number of carbonyl (C=O) groups excluding carboxylic acids is 1. The number of hydrogen-bond acceptors (Lipinski definition) is 4. The number of rotatable bonds is 6. The van der Waals surface area contributed by atoms with Crippen LogP contribution in [0.25, 0.3) is 0 Å². The first kappa shape index (κ1) is 21.8. The number of nitrogens with zero attached hydrogens (tertiary/aromatic N) is 1. The summed E-state index contributed by atoms with van der Waals surface area (Å²) in [6.07, 6.45) is 2.23. The normalized spacial score (nSPS) is 23.7. The van der Waals surface area contributed by atoms with Gasteiger partial charge in [-0.3, -0.25) is 4.79 Å². The van der Waals surface area contributed by atoms with Crippen molar-refractivity contribution >= 4 is 21.6 Å². The number of carbonyl (C=O) groups is 1. The SMILES string of the molecule is CC(C)Oc1ccc(NC(=O)[C@@H]2C[C@H]3CC[C@H]2N(S(=O)(=O)c2cccc(F)c2)C3)cc1. The molecular weight excluding hydrogens is 419 g/mol. The number of ether oxygens (including phenoxy) is 1. The number of fused-ring (bicyclic) bond motifs is 3. The summed E-state index contributed by atoms with van der Waals surface area (Å²) in [6.45, 7) is 4.25. The van der Waals surface area contributed by atoms with Crippen molar-refractivity contribution in [1.29, 1.82) is 0 Å². The van der Waals surface area contributed by atoms with Crippen molar-refractivity contribution in [3.05, 3.63) is 54.3 Å². The average Bonchev–Trinajstić information content (AvgIpc) is 2.75. The van der Waals surface area contributed by atoms with Crippen molar-refractivity contribution in [2.45, 2.75) is 50.2 Å². The van der Waals surface area contributed by atoms with Gasteiger partial charge in [-0.2, -0.15) is 4.31 Å². The Morgan fingerprint density at radius 2 is 1.90 bits per heavy atom. The zero-order valence-corrected chi connectivity index (χ0v) is 18.4. The second-order valence-electron chi connectivity index (χ2n) is 8.57. The molecule has 31 heavy (non-hydrogen) atoms. The molecule has 6 nitrogen and oxygen atoms in total. The van der Waals surface area contributed by atoms with Gasteiger partial charge >= 0.3 is 0 Å². The highest BCUT2D eigenvalue weighted by Crippen LogP contribution is 2.42. The van der Waals surface area contributed by atoms with Crippen LogP contribution in [0, 0.1) is 17.7 Å². The molecule has 1 saturated carbocycles. The Bertz CT molecular complexity index is 1060. The van der Waals surface area contributed by atoms with Gasteiger partial charge in [-0.25, -0.2) is 12.8 Å². The van der Waals surface area contributed by atoms with E-state index in [9.17, 15) is 17.6 Å². The first-order valence-electron chi connectivity index (χ1n) is 10.6. The maximum absolute atomic E-state index is 13.6. The van der Waals surface area contributed by atoms with Crippen molar-refractivity contribution in [2.24, 2.45) is 11.8 Å². The van der Waals surface area contributed by atoms with Crippen LogP contribution in [0.4, 0.5) is 10.1 Å². The maximum Gasteiger partial charge on any atom is 0.243 e. The Hall–Kier alpha value is -2.45. The van der Waals surface area contributed by atoms with Crippen LogP contribution in [0.1, 0.15) is 33.1 Å². The van der Waals surface area contributed by atoms with Gasteiger partial charge in [-0.15, -0.1) is 0 Å². The van der Waals surface area contributed by atoms with Crippen LogP contribution in [0.15, 0.2) is 53.4 Å². The summed E-state index contributed by atoms with van der Waals surface area (Å²) < 4.78 is 47.1. The lowest BCUT2D eigenvalue weighted by atomic mass is 9.73. The molecule has 3 aliphatic rings. The summed E-state index contributed by atoms with van der Waals surface area (Å²) in [5, 5.41) is 2.92. The number of piperidine rings is 2. The van der Waals surface area contributed by atoms with Crippen molar-refractivity contribution in [2.75, 3.05) is 11.9 Å². The van der Waals surface area contributed by atoms with Crippen LogP contribution < -0.4 is 10.1 Å². The molecule has 3 fully saturated rings. The third-order valence-corrected chi connectivity index (χ3v) is 7.85. The molecular formula is C23H27FN2O4S. The average molecular weight is 447 g/mol. The maximum atomic E-state index is 13.6. The van der Waals surface area contributed by atoms with Gasteiger partial charge in [0.15, 0.2) is 0 Å². The highest BCUT2D eigenvalue weighted by molar-refractivity contribution is 7.89. The third kappa shape index (κ3) is 4.60. The summed E-state index contributed by atoms with van der Waals surface area (Å²) >= 11 is 0. The topological polar surface area (TPSA) is 75.7 Å². The van der Waals surface area contributed by atoms with Crippen molar-refractivity contribution < 1.29 is 22.3 Å². The predicted octanol–water partition coefficient (Wildman–Crippen LogP) is 4.04. The van der Waals surface area contributed by atoms with Crippen LogP contribution >= 0.6 is 0 Å². The Balaban J connectivity index is 1.51. The predicted molar refractivity (Wildman–Crippen MR) is 116 cm³/mol. The van der Waals surface area contributed by atoms with Crippen molar-refractivity contribution in [1.82, 2.24) is 4.31 Å². The van der Waals surface area contributed by atoms with E-state index < -0.39 is 27.8 Å². The molecule has 2 aromatic rings. The minimum Gasteiger partial charge on any atom is -0.491 e. The van der Waals surface area contributed by atoms with Crippen LogP contribution in [-0.2, 0) is 14.8 Å². The molecule has 0 aromatic heterocycles. The van der Waals surface area contributed by atoms with Crippen molar-refractivity contribution in [3.8, 4) is 5.75 Å². The number of benzene rings is 2. The first-order valence-corrected chi connectivity index (χ1v) is 12.0. The number of hydrogen-bond donors (Lipinski definition) is 1. The molecule has 1 amide bonds. The number of amides is 1. The van der Waals surface area contributed by atoms with E-state index in [1.807, 2.05) is 13.8 Å². The number of sulfonamides is 1. The molecule has 0 radical (unpaired) electrons. The summed E-state index contributed by atoms with van der Waals surface area (Å²) in [5.74, 6) is -0.390. The van der Waals surface area contributed by atoms with Gasteiger partial charge < -0.3 is 10.1 Å². The second kappa shape index (κ2) is 8.59. The fourth-order valence-corrected chi connectivity index (χ4v) is 6.39. The van der Waals surface area contributed by atoms with Crippen LogP contribution in [0.3, 0.4) is 0 Å². The van der Waals surface area contributed by atoms with Gasteiger partial charge in [0.05, 0.1) is 16.9 Å². The monoisotopic (exact) mass is 446 g/mol. The first-order chi connectivity index (χ1) is 14.7. The number of anilines is 1. The van der Waals surface area contributed by atoms with Gasteiger partial charge in [0.1, 0.15) is 11.6 Å². The molecule has 2 heterocycles. The molecule has 166 valence electrons. The quantitative estimate of drug-likeness (QED) is 0.727. The van der Waals surface area contributed by atoms with Crippen LogP contribution in [0.5, 0.6) is 5.75 Å². The smallest absolute Gasteiger partial charge is 0.243 e. The minimum atomic E-state index is -3.88. The van der Waals surface area contributed by atoms with E-state index in [2.05, 4.69) is 5.32 Å². The molecule has 0 unspecified atom stereocenters. The Labute approximate surface area is 182 Å². The van der Waals surface area contributed by atoms with E-state index in [0.29, 0.717) is 25.1 Å². The fourth-order valence-electron chi connectivity index (χ4n) is 4.59.